The Kier molecular flexibility index (Phi) is 5.01. The van der Waals surface area contributed by atoms with Crippen LogP contribution in [0.1, 0.15) is 23.4 Å². The predicted octanol–water partition coefficient (Wildman–Crippen LogP) is 3.36. The standard InChI is InChI=1S/C19H21NO4/c1-22-16-9-8-13(11-17(16)23-2)12-18-20-15-7-3-5-14(6-4-10-21)19(15)24-18/h3,5,7-9,11,21H,4,6,10,12H2,1-2H3. The summed E-state index contributed by atoms with van der Waals surface area (Å²) in [5.41, 5.74) is 3.77. The first-order valence-corrected chi connectivity index (χ1v) is 7.94. The van der Waals surface area contributed by atoms with Gasteiger partial charge in [-0.1, -0.05) is 18.2 Å². The Balaban J connectivity index is 1.88. The van der Waals surface area contributed by atoms with Crippen LogP contribution in [0, 0.1) is 0 Å². The number of methoxy groups -OCH3 is 2. The molecule has 0 saturated heterocycles. The number of nitrogens with zero attached hydrogens (tertiary/aromatic N) is 1. The van der Waals surface area contributed by atoms with Gasteiger partial charge in [0, 0.05) is 13.0 Å². The number of fused-ring (bicyclic) bond motifs is 1. The minimum atomic E-state index is 0.170. The molecule has 126 valence electrons. The molecule has 0 unspecified atom stereocenters. The Bertz CT molecular complexity index is 825. The molecule has 3 aromatic rings. The number of aliphatic hydroxyl groups excluding tert-OH is 1. The summed E-state index contributed by atoms with van der Waals surface area (Å²) in [7, 11) is 3.24. The van der Waals surface area contributed by atoms with E-state index in [9.17, 15) is 0 Å². The Morgan fingerprint density at radius 2 is 1.92 bits per heavy atom. The Morgan fingerprint density at radius 1 is 1.08 bits per heavy atom. The Morgan fingerprint density at radius 3 is 2.67 bits per heavy atom. The summed E-state index contributed by atoms with van der Waals surface area (Å²) >= 11 is 0. The van der Waals surface area contributed by atoms with Crippen molar-refractivity contribution in [3.05, 3.63) is 53.4 Å². The van der Waals surface area contributed by atoms with Crippen molar-refractivity contribution in [1.82, 2.24) is 4.98 Å². The third-order valence-electron chi connectivity index (χ3n) is 3.95. The highest BCUT2D eigenvalue weighted by atomic mass is 16.5. The number of aromatic nitrogens is 1. The van der Waals surface area contributed by atoms with Gasteiger partial charge in [0.1, 0.15) is 5.52 Å². The fourth-order valence-electron chi connectivity index (χ4n) is 2.76. The molecule has 0 atom stereocenters. The second-order valence-corrected chi connectivity index (χ2v) is 5.57. The lowest BCUT2D eigenvalue weighted by atomic mass is 10.1. The molecule has 1 heterocycles. The van der Waals surface area contributed by atoms with E-state index >= 15 is 0 Å². The minimum Gasteiger partial charge on any atom is -0.493 e. The van der Waals surface area contributed by atoms with Crippen molar-refractivity contribution in [2.45, 2.75) is 19.3 Å². The second kappa shape index (κ2) is 7.36. The lowest BCUT2D eigenvalue weighted by Gasteiger charge is -2.08. The molecule has 0 saturated carbocycles. The van der Waals surface area contributed by atoms with Gasteiger partial charge < -0.3 is 19.0 Å². The van der Waals surface area contributed by atoms with E-state index in [1.54, 1.807) is 14.2 Å². The zero-order valence-electron chi connectivity index (χ0n) is 13.9. The monoisotopic (exact) mass is 327 g/mol. The number of para-hydroxylation sites is 1. The van der Waals surface area contributed by atoms with Crippen LogP contribution in [0.25, 0.3) is 11.1 Å². The lowest BCUT2D eigenvalue weighted by Crippen LogP contribution is -1.93. The normalized spacial score (nSPS) is 11.0. The van der Waals surface area contributed by atoms with E-state index in [1.165, 1.54) is 0 Å². The van der Waals surface area contributed by atoms with Crippen molar-refractivity contribution < 1.29 is 19.0 Å². The van der Waals surface area contributed by atoms with E-state index in [1.807, 2.05) is 36.4 Å². The summed E-state index contributed by atoms with van der Waals surface area (Å²) in [6.07, 6.45) is 2.07. The number of benzene rings is 2. The molecule has 0 fully saturated rings. The van der Waals surface area contributed by atoms with Crippen LogP contribution < -0.4 is 9.47 Å². The Hall–Kier alpha value is -2.53. The Labute approximate surface area is 140 Å². The van der Waals surface area contributed by atoms with Crippen molar-refractivity contribution >= 4 is 11.1 Å². The molecule has 0 amide bonds. The second-order valence-electron chi connectivity index (χ2n) is 5.57. The van der Waals surface area contributed by atoms with Crippen LogP contribution in [0.5, 0.6) is 11.5 Å². The molecule has 0 aliphatic heterocycles. The molecule has 0 aliphatic rings. The summed E-state index contributed by atoms with van der Waals surface area (Å²) in [6, 6.07) is 11.7. The van der Waals surface area contributed by atoms with Gasteiger partial charge >= 0.3 is 0 Å². The molecule has 0 aliphatic carbocycles. The van der Waals surface area contributed by atoms with Crippen molar-refractivity contribution in [2.24, 2.45) is 0 Å². The summed E-state index contributed by atoms with van der Waals surface area (Å²) in [5, 5.41) is 9.02. The highest BCUT2D eigenvalue weighted by molar-refractivity contribution is 5.76. The number of oxazole rings is 1. The van der Waals surface area contributed by atoms with Crippen molar-refractivity contribution in [1.29, 1.82) is 0 Å². The van der Waals surface area contributed by atoms with E-state index in [-0.39, 0.29) is 6.61 Å². The van der Waals surface area contributed by atoms with E-state index in [4.69, 9.17) is 19.0 Å². The van der Waals surface area contributed by atoms with Crippen LogP contribution in [0.15, 0.2) is 40.8 Å². The summed E-state index contributed by atoms with van der Waals surface area (Å²) in [4.78, 5) is 4.57. The average Bonchev–Trinajstić information content (AvgIpc) is 3.02. The molecular formula is C19H21NO4. The van der Waals surface area contributed by atoms with Crippen LogP contribution >= 0.6 is 0 Å². The van der Waals surface area contributed by atoms with Gasteiger partial charge in [0.05, 0.1) is 14.2 Å². The minimum absolute atomic E-state index is 0.170. The number of aliphatic hydroxyl groups is 1. The van der Waals surface area contributed by atoms with Crippen LogP contribution in [0.3, 0.4) is 0 Å². The van der Waals surface area contributed by atoms with Crippen molar-refractivity contribution in [3.63, 3.8) is 0 Å². The quantitative estimate of drug-likeness (QED) is 0.721. The van der Waals surface area contributed by atoms with Gasteiger partial charge in [-0.05, 0) is 42.2 Å². The number of rotatable bonds is 7. The maximum absolute atomic E-state index is 9.02. The number of hydrogen-bond acceptors (Lipinski definition) is 5. The van der Waals surface area contributed by atoms with Crippen LogP contribution in [0.4, 0.5) is 0 Å². The molecule has 0 spiro atoms. The zero-order valence-corrected chi connectivity index (χ0v) is 13.9. The lowest BCUT2D eigenvalue weighted by molar-refractivity contribution is 0.288. The molecule has 5 nitrogen and oxygen atoms in total. The zero-order chi connectivity index (χ0) is 16.9. The van der Waals surface area contributed by atoms with Crippen LogP contribution in [-0.4, -0.2) is 30.9 Å². The summed E-state index contributed by atoms with van der Waals surface area (Å²) < 4.78 is 16.6. The smallest absolute Gasteiger partial charge is 0.199 e. The first-order chi connectivity index (χ1) is 11.7. The van der Waals surface area contributed by atoms with E-state index in [0.29, 0.717) is 30.2 Å². The van der Waals surface area contributed by atoms with E-state index in [2.05, 4.69) is 4.98 Å². The number of aryl methyl sites for hydroxylation is 1. The van der Waals surface area contributed by atoms with Crippen molar-refractivity contribution in [3.8, 4) is 11.5 Å². The molecule has 2 aromatic carbocycles. The number of hydrogen-bond donors (Lipinski definition) is 1. The predicted molar refractivity (Wildman–Crippen MR) is 91.8 cm³/mol. The largest absolute Gasteiger partial charge is 0.493 e. The van der Waals surface area contributed by atoms with Gasteiger partial charge in [-0.2, -0.15) is 0 Å². The average molecular weight is 327 g/mol. The fraction of sp³-hybridized carbons (Fsp3) is 0.316. The maximum Gasteiger partial charge on any atom is 0.199 e. The molecule has 1 N–H and O–H groups in total. The van der Waals surface area contributed by atoms with Crippen LogP contribution in [0.2, 0.25) is 0 Å². The highest BCUT2D eigenvalue weighted by Crippen LogP contribution is 2.29. The van der Waals surface area contributed by atoms with Gasteiger partial charge in [0.25, 0.3) is 0 Å². The molecular weight excluding hydrogens is 306 g/mol. The summed E-state index contributed by atoms with van der Waals surface area (Å²) in [6.45, 7) is 0.170. The molecule has 24 heavy (non-hydrogen) atoms. The summed E-state index contributed by atoms with van der Waals surface area (Å²) in [5.74, 6) is 2.05. The third-order valence-corrected chi connectivity index (χ3v) is 3.95. The van der Waals surface area contributed by atoms with Crippen molar-refractivity contribution in [2.75, 3.05) is 20.8 Å². The van der Waals surface area contributed by atoms with Gasteiger partial charge in [0.2, 0.25) is 0 Å². The molecule has 1 aromatic heterocycles. The SMILES string of the molecule is COc1ccc(Cc2nc3cccc(CCCO)c3o2)cc1OC. The molecule has 5 heteroatoms. The fourth-order valence-corrected chi connectivity index (χ4v) is 2.76. The molecule has 3 rings (SSSR count). The van der Waals surface area contributed by atoms with Gasteiger partial charge in [-0.25, -0.2) is 4.98 Å². The van der Waals surface area contributed by atoms with Gasteiger partial charge in [-0.15, -0.1) is 0 Å². The topological polar surface area (TPSA) is 64.7 Å². The molecule has 0 radical (unpaired) electrons. The van der Waals surface area contributed by atoms with Gasteiger partial charge in [0.15, 0.2) is 23.0 Å². The molecule has 0 bridgehead atoms. The maximum atomic E-state index is 9.02. The first kappa shape index (κ1) is 16.3. The van der Waals surface area contributed by atoms with Gasteiger partial charge in [-0.3, -0.25) is 0 Å². The van der Waals surface area contributed by atoms with E-state index in [0.717, 1.165) is 28.6 Å². The first-order valence-electron chi connectivity index (χ1n) is 7.94. The highest BCUT2D eigenvalue weighted by Gasteiger charge is 2.12. The number of ether oxygens (including phenoxy) is 2. The van der Waals surface area contributed by atoms with Crippen LogP contribution in [-0.2, 0) is 12.8 Å². The third kappa shape index (κ3) is 3.36. The van der Waals surface area contributed by atoms with E-state index < -0.39 is 0 Å².